The van der Waals surface area contributed by atoms with Crippen molar-refractivity contribution in [3.05, 3.63) is 35.5 Å². The summed E-state index contributed by atoms with van der Waals surface area (Å²) in [5.74, 6) is 0.000870. The molecule has 1 heterocycles. The zero-order valence-corrected chi connectivity index (χ0v) is 9.43. The lowest BCUT2D eigenvalue weighted by Crippen LogP contribution is -1.97. The highest BCUT2D eigenvalue weighted by Crippen LogP contribution is 2.31. The van der Waals surface area contributed by atoms with Crippen molar-refractivity contribution in [3.8, 4) is 17.1 Å². The number of carbonyl (C=O) groups is 1. The fraction of sp³-hybridized carbons (Fsp3) is 0.167. The van der Waals surface area contributed by atoms with Gasteiger partial charge in [-0.1, -0.05) is 5.16 Å². The minimum atomic E-state index is -0.997. The third-order valence-electron chi connectivity index (χ3n) is 2.34. The molecule has 0 spiro atoms. The Kier molecular flexibility index (Phi) is 2.82. The second kappa shape index (κ2) is 4.29. The van der Waals surface area contributed by atoms with Crippen LogP contribution >= 0.6 is 0 Å². The van der Waals surface area contributed by atoms with Gasteiger partial charge in [0.1, 0.15) is 5.75 Å². The fourth-order valence-corrected chi connectivity index (χ4v) is 1.52. The van der Waals surface area contributed by atoms with Crippen molar-refractivity contribution in [2.75, 3.05) is 7.11 Å². The number of carboxylic acid groups (broad SMARTS) is 1. The smallest absolute Gasteiger partial charge is 0.335 e. The number of methoxy groups -OCH3 is 1. The lowest BCUT2D eigenvalue weighted by molar-refractivity contribution is 0.0696. The molecule has 0 atom stereocenters. The van der Waals surface area contributed by atoms with E-state index in [9.17, 15) is 4.79 Å². The Morgan fingerprint density at radius 2 is 2.18 bits per heavy atom. The molecule has 2 aromatic rings. The number of aromatic nitrogens is 1. The van der Waals surface area contributed by atoms with Crippen LogP contribution in [0.15, 0.2) is 28.8 Å². The zero-order chi connectivity index (χ0) is 12.4. The summed E-state index contributed by atoms with van der Waals surface area (Å²) in [6.07, 6.45) is 0. The standard InChI is InChI=1S/C12H11NO4/c1-7-5-11(17-13-7)9-4-3-8(12(14)15)6-10(9)16-2/h3-6H,1-2H3,(H,14,15). The Morgan fingerprint density at radius 3 is 2.71 bits per heavy atom. The molecule has 0 bridgehead atoms. The van der Waals surface area contributed by atoms with E-state index >= 15 is 0 Å². The minimum absolute atomic E-state index is 0.168. The number of hydrogen-bond acceptors (Lipinski definition) is 4. The maximum Gasteiger partial charge on any atom is 0.335 e. The van der Waals surface area contributed by atoms with Crippen molar-refractivity contribution >= 4 is 5.97 Å². The van der Waals surface area contributed by atoms with Gasteiger partial charge in [0, 0.05) is 6.07 Å². The molecule has 5 nitrogen and oxygen atoms in total. The van der Waals surface area contributed by atoms with Crippen LogP contribution in [0, 0.1) is 6.92 Å². The van der Waals surface area contributed by atoms with Gasteiger partial charge < -0.3 is 14.4 Å². The molecule has 5 heteroatoms. The summed E-state index contributed by atoms with van der Waals surface area (Å²) < 4.78 is 10.3. The largest absolute Gasteiger partial charge is 0.496 e. The molecule has 1 N–H and O–H groups in total. The zero-order valence-electron chi connectivity index (χ0n) is 9.43. The third kappa shape index (κ3) is 2.13. The first kappa shape index (κ1) is 11.2. The molecule has 0 aliphatic heterocycles. The first-order valence-corrected chi connectivity index (χ1v) is 4.97. The van der Waals surface area contributed by atoms with Crippen LogP contribution < -0.4 is 4.74 Å². The highest BCUT2D eigenvalue weighted by Gasteiger charge is 2.13. The summed E-state index contributed by atoms with van der Waals surface area (Å²) in [7, 11) is 1.48. The summed E-state index contributed by atoms with van der Waals surface area (Å²) in [5, 5.41) is 12.7. The average Bonchev–Trinajstić information content (AvgIpc) is 2.74. The van der Waals surface area contributed by atoms with Crippen molar-refractivity contribution in [2.24, 2.45) is 0 Å². The summed E-state index contributed by atoms with van der Waals surface area (Å²) in [6, 6.07) is 6.36. The SMILES string of the molecule is COc1cc(C(=O)O)ccc1-c1cc(C)no1. The van der Waals surface area contributed by atoms with Gasteiger partial charge in [-0.15, -0.1) is 0 Å². The van der Waals surface area contributed by atoms with Crippen molar-refractivity contribution in [1.29, 1.82) is 0 Å². The van der Waals surface area contributed by atoms with E-state index in [4.69, 9.17) is 14.4 Å². The molecule has 0 aliphatic rings. The van der Waals surface area contributed by atoms with Crippen LogP contribution in [0.25, 0.3) is 11.3 Å². The molecule has 1 aromatic heterocycles. The number of aryl methyl sites for hydroxylation is 1. The number of aromatic carboxylic acids is 1. The monoisotopic (exact) mass is 233 g/mol. The van der Waals surface area contributed by atoms with Gasteiger partial charge in [-0.25, -0.2) is 4.79 Å². The number of nitrogens with zero attached hydrogens (tertiary/aromatic N) is 1. The maximum absolute atomic E-state index is 10.8. The Labute approximate surface area is 97.6 Å². The Hall–Kier alpha value is -2.30. The predicted octanol–water partition coefficient (Wildman–Crippen LogP) is 2.36. The molecule has 0 saturated heterocycles. The van der Waals surface area contributed by atoms with Gasteiger partial charge >= 0.3 is 5.97 Å². The summed E-state index contributed by atoms with van der Waals surface area (Å²) in [6.45, 7) is 1.81. The molecule has 0 fully saturated rings. The van der Waals surface area contributed by atoms with Crippen LogP contribution in [0.5, 0.6) is 5.75 Å². The van der Waals surface area contributed by atoms with Crippen molar-refractivity contribution < 1.29 is 19.2 Å². The van der Waals surface area contributed by atoms with Gasteiger partial charge in [0.2, 0.25) is 0 Å². The van der Waals surface area contributed by atoms with E-state index in [1.54, 1.807) is 12.1 Å². The lowest BCUT2D eigenvalue weighted by Gasteiger charge is -2.06. The quantitative estimate of drug-likeness (QED) is 0.880. The van der Waals surface area contributed by atoms with Gasteiger partial charge in [0.05, 0.1) is 23.9 Å². The van der Waals surface area contributed by atoms with Gasteiger partial charge in [-0.2, -0.15) is 0 Å². The maximum atomic E-state index is 10.8. The Morgan fingerprint density at radius 1 is 1.41 bits per heavy atom. The van der Waals surface area contributed by atoms with E-state index in [0.29, 0.717) is 17.1 Å². The van der Waals surface area contributed by atoms with Crippen LogP contribution in [-0.4, -0.2) is 23.3 Å². The van der Waals surface area contributed by atoms with Crippen molar-refractivity contribution in [2.45, 2.75) is 6.92 Å². The van der Waals surface area contributed by atoms with E-state index in [1.807, 2.05) is 6.92 Å². The number of benzene rings is 1. The Bertz CT molecular complexity index is 559. The topological polar surface area (TPSA) is 72.6 Å². The third-order valence-corrected chi connectivity index (χ3v) is 2.34. The molecule has 17 heavy (non-hydrogen) atoms. The van der Waals surface area contributed by atoms with Gasteiger partial charge in [0.15, 0.2) is 5.76 Å². The molecule has 0 aliphatic carbocycles. The average molecular weight is 233 g/mol. The number of hydrogen-bond donors (Lipinski definition) is 1. The number of rotatable bonds is 3. The fourth-order valence-electron chi connectivity index (χ4n) is 1.52. The summed E-state index contributed by atoms with van der Waals surface area (Å²) >= 11 is 0. The molecule has 0 unspecified atom stereocenters. The van der Waals surface area contributed by atoms with Crippen molar-refractivity contribution in [3.63, 3.8) is 0 Å². The number of ether oxygens (including phenoxy) is 1. The van der Waals surface area contributed by atoms with E-state index < -0.39 is 5.97 Å². The summed E-state index contributed by atoms with van der Waals surface area (Å²) in [4.78, 5) is 10.8. The lowest BCUT2D eigenvalue weighted by atomic mass is 10.1. The second-order valence-corrected chi connectivity index (χ2v) is 3.55. The first-order chi connectivity index (χ1) is 8.11. The molecule has 0 radical (unpaired) electrons. The van der Waals surface area contributed by atoms with E-state index in [0.717, 1.165) is 5.69 Å². The van der Waals surface area contributed by atoms with Crippen LogP contribution in [0.1, 0.15) is 16.1 Å². The van der Waals surface area contributed by atoms with Crippen LogP contribution in [0.2, 0.25) is 0 Å². The first-order valence-electron chi connectivity index (χ1n) is 4.97. The molecule has 2 rings (SSSR count). The highest BCUT2D eigenvalue weighted by molar-refractivity contribution is 5.89. The molecular formula is C12H11NO4. The van der Waals surface area contributed by atoms with Crippen LogP contribution in [0.3, 0.4) is 0 Å². The van der Waals surface area contributed by atoms with Gasteiger partial charge in [-0.3, -0.25) is 0 Å². The normalized spacial score (nSPS) is 10.2. The van der Waals surface area contributed by atoms with Crippen LogP contribution in [0.4, 0.5) is 0 Å². The highest BCUT2D eigenvalue weighted by atomic mass is 16.5. The van der Waals surface area contributed by atoms with Crippen molar-refractivity contribution in [1.82, 2.24) is 5.16 Å². The second-order valence-electron chi connectivity index (χ2n) is 3.55. The predicted molar refractivity (Wildman–Crippen MR) is 60.2 cm³/mol. The molecule has 0 saturated carbocycles. The van der Waals surface area contributed by atoms with E-state index in [2.05, 4.69) is 5.16 Å². The molecular weight excluding hydrogens is 222 g/mol. The molecule has 1 aromatic carbocycles. The molecule has 0 amide bonds. The van der Waals surface area contributed by atoms with E-state index in [-0.39, 0.29) is 5.56 Å². The van der Waals surface area contributed by atoms with E-state index in [1.165, 1.54) is 19.2 Å². The van der Waals surface area contributed by atoms with Crippen LogP contribution in [-0.2, 0) is 0 Å². The van der Waals surface area contributed by atoms with Gasteiger partial charge in [-0.05, 0) is 25.1 Å². The number of carboxylic acids is 1. The minimum Gasteiger partial charge on any atom is -0.496 e. The Balaban J connectivity index is 2.51. The van der Waals surface area contributed by atoms with Gasteiger partial charge in [0.25, 0.3) is 0 Å². The summed E-state index contributed by atoms with van der Waals surface area (Å²) in [5.41, 5.74) is 1.60. The molecule has 88 valence electrons.